The van der Waals surface area contributed by atoms with Gasteiger partial charge < -0.3 is 15.5 Å². The fourth-order valence-electron chi connectivity index (χ4n) is 1.91. The van der Waals surface area contributed by atoms with Crippen LogP contribution < -0.4 is 5.32 Å². The maximum absolute atomic E-state index is 10.9. The molecule has 1 heterocycles. The highest BCUT2D eigenvalue weighted by Gasteiger charge is 2.16. The van der Waals surface area contributed by atoms with Crippen molar-refractivity contribution in [1.29, 1.82) is 0 Å². The third kappa shape index (κ3) is 4.36. The van der Waals surface area contributed by atoms with Gasteiger partial charge in [0.1, 0.15) is 5.82 Å². The average molecular weight is 287 g/mol. The van der Waals surface area contributed by atoms with Crippen molar-refractivity contribution in [3.63, 3.8) is 0 Å². The van der Waals surface area contributed by atoms with Gasteiger partial charge >= 0.3 is 5.97 Å². The number of aromatic nitrogens is 1. The van der Waals surface area contributed by atoms with Gasteiger partial charge in [0.15, 0.2) is 0 Å². The van der Waals surface area contributed by atoms with Crippen LogP contribution in [0, 0.1) is 5.92 Å². The number of aliphatic hydroxyl groups excluding tert-OH is 1. The van der Waals surface area contributed by atoms with Crippen LogP contribution in [0.4, 0.5) is 5.82 Å². The molecule has 5 nitrogen and oxygen atoms in total. The zero-order valence-electron chi connectivity index (χ0n) is 11.1. The SMILES string of the molecule is CCC(CC)C(O)CNc1cc(C(=O)O)c(Cl)cn1. The lowest BCUT2D eigenvalue weighted by Gasteiger charge is -2.20. The number of nitrogens with zero attached hydrogens (tertiary/aromatic N) is 1. The van der Waals surface area contributed by atoms with E-state index in [1.807, 2.05) is 13.8 Å². The summed E-state index contributed by atoms with van der Waals surface area (Å²) in [7, 11) is 0. The van der Waals surface area contributed by atoms with Crippen molar-refractivity contribution in [3.05, 3.63) is 22.8 Å². The molecule has 106 valence electrons. The molecule has 1 unspecified atom stereocenters. The number of halogens is 1. The maximum atomic E-state index is 10.9. The van der Waals surface area contributed by atoms with Crippen molar-refractivity contribution < 1.29 is 15.0 Å². The normalized spacial score (nSPS) is 12.5. The zero-order chi connectivity index (χ0) is 14.4. The predicted octanol–water partition coefficient (Wildman–Crippen LogP) is 2.64. The van der Waals surface area contributed by atoms with E-state index in [1.165, 1.54) is 12.3 Å². The van der Waals surface area contributed by atoms with E-state index in [4.69, 9.17) is 16.7 Å². The Hall–Kier alpha value is -1.33. The van der Waals surface area contributed by atoms with Crippen LogP contribution in [-0.2, 0) is 0 Å². The van der Waals surface area contributed by atoms with Gasteiger partial charge in [-0.25, -0.2) is 9.78 Å². The number of aromatic carboxylic acids is 1. The zero-order valence-corrected chi connectivity index (χ0v) is 11.8. The quantitative estimate of drug-likeness (QED) is 0.718. The van der Waals surface area contributed by atoms with E-state index < -0.39 is 12.1 Å². The number of nitrogens with one attached hydrogen (secondary N) is 1. The van der Waals surface area contributed by atoms with Crippen LogP contribution in [0.15, 0.2) is 12.3 Å². The van der Waals surface area contributed by atoms with E-state index >= 15 is 0 Å². The lowest BCUT2D eigenvalue weighted by atomic mass is 9.96. The Balaban J connectivity index is 2.68. The minimum absolute atomic E-state index is 0.00353. The van der Waals surface area contributed by atoms with Gasteiger partial charge in [0.25, 0.3) is 0 Å². The summed E-state index contributed by atoms with van der Waals surface area (Å²) in [6, 6.07) is 1.37. The second-order valence-corrected chi connectivity index (χ2v) is 4.79. The smallest absolute Gasteiger partial charge is 0.337 e. The highest BCUT2D eigenvalue weighted by Crippen LogP contribution is 2.19. The van der Waals surface area contributed by atoms with Gasteiger partial charge in [0.05, 0.1) is 16.7 Å². The third-order valence-corrected chi connectivity index (χ3v) is 3.47. The molecule has 1 aromatic rings. The Morgan fingerprint density at radius 1 is 1.47 bits per heavy atom. The molecular formula is C13H19ClN2O3. The Bertz CT molecular complexity index is 436. The third-order valence-electron chi connectivity index (χ3n) is 3.17. The fourth-order valence-corrected chi connectivity index (χ4v) is 2.09. The Morgan fingerprint density at radius 3 is 2.63 bits per heavy atom. The molecule has 0 aliphatic rings. The molecule has 0 aliphatic heterocycles. The molecule has 0 fully saturated rings. The number of anilines is 1. The highest BCUT2D eigenvalue weighted by atomic mass is 35.5. The van der Waals surface area contributed by atoms with E-state index in [2.05, 4.69) is 10.3 Å². The van der Waals surface area contributed by atoms with Crippen molar-refractivity contribution in [1.82, 2.24) is 4.98 Å². The standard InChI is InChI=1S/C13H19ClN2O3/c1-3-8(4-2)11(17)7-16-12-5-9(13(18)19)10(14)6-15-12/h5-6,8,11,17H,3-4,7H2,1-2H3,(H,15,16)(H,18,19). The molecule has 0 saturated carbocycles. The van der Waals surface area contributed by atoms with E-state index in [0.717, 1.165) is 12.8 Å². The van der Waals surface area contributed by atoms with Crippen LogP contribution in [0.1, 0.15) is 37.0 Å². The Kier molecular flexibility index (Phi) is 6.05. The molecule has 0 aliphatic carbocycles. The first-order valence-corrected chi connectivity index (χ1v) is 6.68. The topological polar surface area (TPSA) is 82.5 Å². The van der Waals surface area contributed by atoms with Crippen LogP contribution in [0.25, 0.3) is 0 Å². The summed E-state index contributed by atoms with van der Waals surface area (Å²) in [5.41, 5.74) is -0.00353. The summed E-state index contributed by atoms with van der Waals surface area (Å²) in [4.78, 5) is 14.9. The summed E-state index contributed by atoms with van der Waals surface area (Å²) >= 11 is 5.73. The first kappa shape index (κ1) is 15.7. The molecule has 1 atom stereocenters. The number of rotatable bonds is 7. The molecule has 0 radical (unpaired) electrons. The van der Waals surface area contributed by atoms with Crippen molar-refractivity contribution >= 4 is 23.4 Å². The van der Waals surface area contributed by atoms with Crippen LogP contribution in [-0.4, -0.2) is 33.8 Å². The molecule has 0 aromatic carbocycles. The lowest BCUT2D eigenvalue weighted by molar-refractivity contribution is 0.0697. The van der Waals surface area contributed by atoms with Gasteiger partial charge in [-0.05, 0) is 12.0 Å². The summed E-state index contributed by atoms with van der Waals surface area (Å²) in [6.45, 7) is 4.39. The van der Waals surface area contributed by atoms with E-state index in [-0.39, 0.29) is 16.5 Å². The number of carboxylic acid groups (broad SMARTS) is 1. The number of pyridine rings is 1. The predicted molar refractivity (Wildman–Crippen MR) is 74.8 cm³/mol. The first-order chi connectivity index (χ1) is 8.99. The van der Waals surface area contributed by atoms with E-state index in [0.29, 0.717) is 12.4 Å². The summed E-state index contributed by atoms with van der Waals surface area (Å²) < 4.78 is 0. The Labute approximate surface area is 117 Å². The van der Waals surface area contributed by atoms with Crippen LogP contribution in [0.2, 0.25) is 5.02 Å². The summed E-state index contributed by atoms with van der Waals surface area (Å²) in [5.74, 6) is -0.485. The minimum Gasteiger partial charge on any atom is -0.478 e. The van der Waals surface area contributed by atoms with Gasteiger partial charge in [0, 0.05) is 12.7 Å². The molecule has 3 N–H and O–H groups in total. The summed E-state index contributed by atoms with van der Waals surface area (Å²) in [5, 5.41) is 21.9. The molecule has 1 aromatic heterocycles. The molecular weight excluding hydrogens is 268 g/mol. The number of aliphatic hydroxyl groups is 1. The lowest BCUT2D eigenvalue weighted by Crippen LogP contribution is -2.28. The molecule has 19 heavy (non-hydrogen) atoms. The molecule has 0 spiro atoms. The number of carboxylic acids is 1. The van der Waals surface area contributed by atoms with Crippen molar-refractivity contribution in [3.8, 4) is 0 Å². The van der Waals surface area contributed by atoms with Crippen LogP contribution in [0.5, 0.6) is 0 Å². The molecule has 0 amide bonds. The van der Waals surface area contributed by atoms with Crippen LogP contribution in [0.3, 0.4) is 0 Å². The average Bonchev–Trinajstić information content (AvgIpc) is 2.38. The summed E-state index contributed by atoms with van der Waals surface area (Å²) in [6.07, 6.45) is 2.60. The van der Waals surface area contributed by atoms with Gasteiger partial charge in [-0.3, -0.25) is 0 Å². The monoisotopic (exact) mass is 286 g/mol. The van der Waals surface area contributed by atoms with E-state index in [1.54, 1.807) is 0 Å². The minimum atomic E-state index is -1.10. The molecule has 0 saturated heterocycles. The van der Waals surface area contributed by atoms with E-state index in [9.17, 15) is 9.90 Å². The van der Waals surface area contributed by atoms with Gasteiger partial charge in [-0.1, -0.05) is 38.3 Å². The number of hydrogen-bond acceptors (Lipinski definition) is 4. The molecule has 0 bridgehead atoms. The second-order valence-electron chi connectivity index (χ2n) is 4.38. The number of hydrogen-bond donors (Lipinski definition) is 3. The van der Waals surface area contributed by atoms with Gasteiger partial charge in [0.2, 0.25) is 0 Å². The Morgan fingerprint density at radius 2 is 2.11 bits per heavy atom. The molecule has 6 heteroatoms. The highest BCUT2D eigenvalue weighted by molar-refractivity contribution is 6.33. The van der Waals surface area contributed by atoms with Crippen LogP contribution >= 0.6 is 11.6 Å². The maximum Gasteiger partial charge on any atom is 0.337 e. The van der Waals surface area contributed by atoms with Gasteiger partial charge in [-0.15, -0.1) is 0 Å². The molecule has 1 rings (SSSR count). The van der Waals surface area contributed by atoms with Crippen molar-refractivity contribution in [2.45, 2.75) is 32.8 Å². The fraction of sp³-hybridized carbons (Fsp3) is 0.538. The van der Waals surface area contributed by atoms with Crippen molar-refractivity contribution in [2.24, 2.45) is 5.92 Å². The van der Waals surface area contributed by atoms with Gasteiger partial charge in [-0.2, -0.15) is 0 Å². The first-order valence-electron chi connectivity index (χ1n) is 6.30. The largest absolute Gasteiger partial charge is 0.478 e. The second kappa shape index (κ2) is 7.31. The van der Waals surface area contributed by atoms with Crippen molar-refractivity contribution in [2.75, 3.05) is 11.9 Å². The number of carbonyl (C=O) groups is 1.